The summed E-state index contributed by atoms with van der Waals surface area (Å²) in [7, 11) is 0. The fourth-order valence-corrected chi connectivity index (χ4v) is 2.20. The van der Waals surface area contributed by atoms with Crippen LogP contribution in [-0.2, 0) is 9.47 Å². The molecule has 2 N–H and O–H groups in total. The maximum Gasteiger partial charge on any atom is 0.146 e. The molecule has 0 saturated carbocycles. The van der Waals surface area contributed by atoms with Gasteiger partial charge in [-0.1, -0.05) is 11.6 Å². The highest BCUT2D eigenvalue weighted by molar-refractivity contribution is 6.30. The fourth-order valence-electron chi connectivity index (χ4n) is 2.03. The molecule has 1 aliphatic rings. The van der Waals surface area contributed by atoms with E-state index in [9.17, 15) is 9.50 Å². The monoisotopic (exact) mass is 303 g/mol. The van der Waals surface area contributed by atoms with E-state index in [-0.39, 0.29) is 24.9 Å². The molecule has 0 aromatic heterocycles. The number of aliphatic hydroxyl groups is 1. The van der Waals surface area contributed by atoms with Crippen molar-refractivity contribution in [3.63, 3.8) is 0 Å². The van der Waals surface area contributed by atoms with Gasteiger partial charge in [-0.2, -0.15) is 0 Å². The topological polar surface area (TPSA) is 50.7 Å². The zero-order valence-electron chi connectivity index (χ0n) is 11.1. The van der Waals surface area contributed by atoms with Crippen LogP contribution < -0.4 is 5.32 Å². The van der Waals surface area contributed by atoms with E-state index in [4.69, 9.17) is 21.1 Å². The van der Waals surface area contributed by atoms with Crippen molar-refractivity contribution < 1.29 is 19.0 Å². The predicted octanol–water partition coefficient (Wildman–Crippen LogP) is 2.45. The van der Waals surface area contributed by atoms with Crippen LogP contribution in [0.2, 0.25) is 5.02 Å². The molecule has 4 nitrogen and oxygen atoms in total. The molecule has 1 aromatic carbocycles. The van der Waals surface area contributed by atoms with Gasteiger partial charge in [0.2, 0.25) is 0 Å². The highest BCUT2D eigenvalue weighted by Gasteiger charge is 2.16. The Labute approximate surface area is 122 Å². The molecule has 1 heterocycles. The molecular formula is C14H19ClFNO3. The summed E-state index contributed by atoms with van der Waals surface area (Å²) < 4.78 is 24.2. The molecule has 0 bridgehead atoms. The van der Waals surface area contributed by atoms with Crippen molar-refractivity contribution in [1.29, 1.82) is 0 Å². The molecule has 0 aliphatic carbocycles. The number of anilines is 1. The van der Waals surface area contributed by atoms with Crippen molar-refractivity contribution >= 4 is 17.3 Å². The molecule has 1 aliphatic heterocycles. The van der Waals surface area contributed by atoms with E-state index in [1.165, 1.54) is 18.2 Å². The fraction of sp³-hybridized carbons (Fsp3) is 0.571. The SMILES string of the molecule is OC(CNc1cc(Cl)ccc1F)COCC1CCCO1. The van der Waals surface area contributed by atoms with E-state index in [1.807, 2.05) is 0 Å². The minimum Gasteiger partial charge on any atom is -0.389 e. The quantitative estimate of drug-likeness (QED) is 0.812. The zero-order chi connectivity index (χ0) is 14.4. The van der Waals surface area contributed by atoms with Crippen molar-refractivity contribution in [2.75, 3.05) is 31.7 Å². The summed E-state index contributed by atoms with van der Waals surface area (Å²) in [6.45, 7) is 1.66. The molecule has 2 unspecified atom stereocenters. The highest BCUT2D eigenvalue weighted by Crippen LogP contribution is 2.19. The van der Waals surface area contributed by atoms with Crippen LogP contribution in [0.5, 0.6) is 0 Å². The highest BCUT2D eigenvalue weighted by atomic mass is 35.5. The Kier molecular flexibility index (Phi) is 6.04. The second-order valence-electron chi connectivity index (χ2n) is 4.83. The minimum atomic E-state index is -0.713. The van der Waals surface area contributed by atoms with Gasteiger partial charge in [0.15, 0.2) is 0 Å². The van der Waals surface area contributed by atoms with Gasteiger partial charge < -0.3 is 19.9 Å². The molecule has 112 valence electrons. The third-order valence-corrected chi connectivity index (χ3v) is 3.33. The molecule has 1 fully saturated rings. The average Bonchev–Trinajstić information content (AvgIpc) is 2.93. The van der Waals surface area contributed by atoms with Gasteiger partial charge in [0.1, 0.15) is 5.82 Å². The van der Waals surface area contributed by atoms with Gasteiger partial charge in [0.05, 0.1) is 31.1 Å². The molecule has 0 spiro atoms. The van der Waals surface area contributed by atoms with Crippen LogP contribution in [0.25, 0.3) is 0 Å². The largest absolute Gasteiger partial charge is 0.389 e. The lowest BCUT2D eigenvalue weighted by Gasteiger charge is -2.15. The number of halogens is 2. The number of aliphatic hydroxyl groups excluding tert-OH is 1. The van der Waals surface area contributed by atoms with Gasteiger partial charge in [0, 0.05) is 18.2 Å². The lowest BCUT2D eigenvalue weighted by molar-refractivity contribution is -0.0137. The molecular weight excluding hydrogens is 285 g/mol. The summed E-state index contributed by atoms with van der Waals surface area (Å²) in [6.07, 6.45) is 1.49. The Hall–Kier alpha value is -0.880. The Morgan fingerprint density at radius 1 is 1.55 bits per heavy atom. The molecule has 0 amide bonds. The standard InChI is InChI=1S/C14H19ClFNO3/c15-10-3-4-13(16)14(6-10)17-7-11(18)8-19-9-12-2-1-5-20-12/h3-4,6,11-12,17-18H,1-2,5,7-9H2. The first-order valence-corrected chi connectivity index (χ1v) is 7.09. The van der Waals surface area contributed by atoms with Crippen LogP contribution in [0.1, 0.15) is 12.8 Å². The molecule has 1 aromatic rings. The molecule has 2 rings (SSSR count). The lowest BCUT2D eigenvalue weighted by atomic mass is 10.2. The Bertz CT molecular complexity index is 427. The van der Waals surface area contributed by atoms with Gasteiger partial charge >= 0.3 is 0 Å². The molecule has 1 saturated heterocycles. The normalized spacial score (nSPS) is 20.1. The first kappa shape index (κ1) is 15.5. The van der Waals surface area contributed by atoms with Crippen LogP contribution >= 0.6 is 11.6 Å². The van der Waals surface area contributed by atoms with E-state index >= 15 is 0 Å². The molecule has 20 heavy (non-hydrogen) atoms. The predicted molar refractivity (Wildman–Crippen MR) is 75.7 cm³/mol. The summed E-state index contributed by atoms with van der Waals surface area (Å²) in [4.78, 5) is 0. The summed E-state index contributed by atoms with van der Waals surface area (Å²) in [5.41, 5.74) is 0.274. The van der Waals surface area contributed by atoms with Gasteiger partial charge in [0.25, 0.3) is 0 Å². The van der Waals surface area contributed by atoms with Crippen LogP contribution in [0, 0.1) is 5.82 Å². The van der Waals surface area contributed by atoms with E-state index in [0.717, 1.165) is 19.4 Å². The number of nitrogens with one attached hydrogen (secondary N) is 1. The molecule has 0 radical (unpaired) electrons. The van der Waals surface area contributed by atoms with Crippen molar-refractivity contribution in [3.8, 4) is 0 Å². The van der Waals surface area contributed by atoms with E-state index < -0.39 is 11.9 Å². The average molecular weight is 304 g/mol. The second kappa shape index (κ2) is 7.78. The maximum atomic E-state index is 13.4. The van der Waals surface area contributed by atoms with Crippen LogP contribution in [-0.4, -0.2) is 43.7 Å². The first-order chi connectivity index (χ1) is 9.65. The van der Waals surface area contributed by atoms with Gasteiger partial charge in [-0.05, 0) is 31.0 Å². The Balaban J connectivity index is 1.66. The van der Waals surface area contributed by atoms with Crippen molar-refractivity contribution in [2.24, 2.45) is 0 Å². The summed E-state index contributed by atoms with van der Waals surface area (Å²) in [5.74, 6) is -0.401. The summed E-state index contributed by atoms with van der Waals surface area (Å²) in [5, 5.41) is 13.0. The van der Waals surface area contributed by atoms with Gasteiger partial charge in [-0.25, -0.2) is 4.39 Å². The second-order valence-corrected chi connectivity index (χ2v) is 5.27. The zero-order valence-corrected chi connectivity index (χ0v) is 11.9. The number of hydrogen-bond acceptors (Lipinski definition) is 4. The third-order valence-electron chi connectivity index (χ3n) is 3.09. The van der Waals surface area contributed by atoms with E-state index in [0.29, 0.717) is 11.6 Å². The Morgan fingerprint density at radius 3 is 3.15 bits per heavy atom. The van der Waals surface area contributed by atoms with Crippen LogP contribution in [0.15, 0.2) is 18.2 Å². The number of ether oxygens (including phenoxy) is 2. The maximum absolute atomic E-state index is 13.4. The smallest absolute Gasteiger partial charge is 0.146 e. The first-order valence-electron chi connectivity index (χ1n) is 6.71. The minimum absolute atomic E-state index is 0.139. The van der Waals surface area contributed by atoms with Crippen molar-refractivity contribution in [1.82, 2.24) is 0 Å². The summed E-state index contributed by atoms with van der Waals surface area (Å²) in [6, 6.07) is 4.24. The van der Waals surface area contributed by atoms with Crippen molar-refractivity contribution in [3.05, 3.63) is 29.0 Å². The van der Waals surface area contributed by atoms with E-state index in [1.54, 1.807) is 0 Å². The van der Waals surface area contributed by atoms with Crippen molar-refractivity contribution in [2.45, 2.75) is 25.0 Å². The Morgan fingerprint density at radius 2 is 2.40 bits per heavy atom. The lowest BCUT2D eigenvalue weighted by Crippen LogP contribution is -2.27. The molecule has 2 atom stereocenters. The number of hydrogen-bond donors (Lipinski definition) is 2. The van der Waals surface area contributed by atoms with Gasteiger partial charge in [-0.3, -0.25) is 0 Å². The summed E-state index contributed by atoms with van der Waals surface area (Å²) >= 11 is 5.78. The van der Waals surface area contributed by atoms with Gasteiger partial charge in [-0.15, -0.1) is 0 Å². The van der Waals surface area contributed by atoms with Crippen LogP contribution in [0.3, 0.4) is 0 Å². The molecule has 6 heteroatoms. The number of rotatable bonds is 7. The number of benzene rings is 1. The van der Waals surface area contributed by atoms with Crippen LogP contribution in [0.4, 0.5) is 10.1 Å². The third kappa shape index (κ3) is 4.90. The van der Waals surface area contributed by atoms with E-state index in [2.05, 4.69) is 5.32 Å².